The maximum atomic E-state index is 11.4. The van der Waals surface area contributed by atoms with Gasteiger partial charge in [-0.1, -0.05) is 0 Å². The Morgan fingerprint density at radius 3 is 1.53 bits per heavy atom. The van der Waals surface area contributed by atoms with Gasteiger partial charge in [-0.05, 0) is 51.4 Å². The molecule has 0 saturated heterocycles. The van der Waals surface area contributed by atoms with Crippen molar-refractivity contribution in [3.63, 3.8) is 0 Å². The van der Waals surface area contributed by atoms with Gasteiger partial charge in [0.25, 0.3) is 0 Å². The van der Waals surface area contributed by atoms with Gasteiger partial charge in [-0.15, -0.1) is 0 Å². The second-order valence-corrected chi connectivity index (χ2v) is 15.3. The van der Waals surface area contributed by atoms with E-state index in [1.807, 2.05) is 6.07 Å². The molecule has 0 aliphatic carbocycles. The van der Waals surface area contributed by atoms with Crippen LogP contribution in [-0.4, -0.2) is 22.5 Å². The zero-order valence-electron chi connectivity index (χ0n) is 12.5. The lowest BCUT2D eigenvalue weighted by molar-refractivity contribution is 0.0999. The van der Waals surface area contributed by atoms with Crippen LogP contribution in [0.1, 0.15) is 10.4 Å². The molecular weight excluding hydrogens is 274 g/mol. The van der Waals surface area contributed by atoms with Crippen LogP contribution in [-0.2, 0) is 0 Å². The molecule has 0 aromatic heterocycles. The smallest absolute Gasteiger partial charge is 0.248 e. The largest absolute Gasteiger partial charge is 0.544 e. The molecule has 0 unspecified atom stereocenters. The number of rotatable bonds is 5. The molecule has 2 N–H and O–H groups in total. The molecule has 106 valence electrons. The Hall–Kier alpha value is -1.28. The number of carbonyl (C=O) groups is 1. The van der Waals surface area contributed by atoms with E-state index in [-0.39, 0.29) is 0 Å². The maximum absolute atomic E-state index is 11.4. The number of hydrogen-bond acceptors (Lipinski definition) is 3. The normalized spacial score (nSPS) is 12.1. The van der Waals surface area contributed by atoms with Crippen molar-refractivity contribution in [2.75, 3.05) is 0 Å². The predicted molar refractivity (Wildman–Crippen MR) is 82.9 cm³/mol. The van der Waals surface area contributed by atoms with Crippen LogP contribution in [0.3, 0.4) is 0 Å². The second-order valence-electron chi connectivity index (χ2n) is 6.49. The molecule has 0 aliphatic heterocycles. The van der Waals surface area contributed by atoms with Crippen molar-refractivity contribution in [1.29, 1.82) is 0 Å². The number of hydrogen-bond donors (Lipinski definition) is 1. The van der Waals surface area contributed by atoms with Gasteiger partial charge in [-0.2, -0.15) is 0 Å². The second kappa shape index (κ2) is 5.38. The molecule has 6 heteroatoms. The Morgan fingerprint density at radius 1 is 0.895 bits per heavy atom. The summed E-state index contributed by atoms with van der Waals surface area (Å²) in [6.07, 6.45) is 0. The minimum absolute atomic E-state index is 0.420. The van der Waals surface area contributed by atoms with E-state index in [4.69, 9.17) is 14.6 Å². The lowest BCUT2D eigenvalue weighted by Gasteiger charge is -2.23. The Labute approximate surface area is 117 Å². The summed E-state index contributed by atoms with van der Waals surface area (Å²) in [4.78, 5) is 11.4. The maximum Gasteiger partial charge on any atom is 0.248 e. The van der Waals surface area contributed by atoms with Crippen molar-refractivity contribution in [2.45, 2.75) is 39.3 Å². The van der Waals surface area contributed by atoms with Crippen LogP contribution < -0.4 is 14.6 Å². The molecular formula is C13H23NO3Si2. The third-order valence-electron chi connectivity index (χ3n) is 2.01. The van der Waals surface area contributed by atoms with Gasteiger partial charge in [0, 0.05) is 11.6 Å². The van der Waals surface area contributed by atoms with Crippen LogP contribution in [0.4, 0.5) is 0 Å². The third-order valence-corrected chi connectivity index (χ3v) is 3.71. The minimum atomic E-state index is -1.73. The fourth-order valence-corrected chi connectivity index (χ4v) is 3.19. The topological polar surface area (TPSA) is 61.6 Å². The van der Waals surface area contributed by atoms with Gasteiger partial charge in [-0.25, -0.2) is 0 Å². The highest BCUT2D eigenvalue weighted by atomic mass is 28.4. The molecule has 1 amide bonds. The first-order valence-electron chi connectivity index (χ1n) is 6.29. The molecule has 1 rings (SSSR count). The Morgan fingerprint density at radius 2 is 1.26 bits per heavy atom. The highest BCUT2D eigenvalue weighted by molar-refractivity contribution is 6.70. The average molecular weight is 298 g/mol. The summed E-state index contributed by atoms with van der Waals surface area (Å²) in [5.74, 6) is 0.842. The van der Waals surface area contributed by atoms with Gasteiger partial charge >= 0.3 is 0 Å². The number of primary amides is 1. The number of amides is 1. The van der Waals surface area contributed by atoms with Crippen LogP contribution in [0.5, 0.6) is 11.5 Å². The van der Waals surface area contributed by atoms with Crippen molar-refractivity contribution in [1.82, 2.24) is 0 Å². The minimum Gasteiger partial charge on any atom is -0.544 e. The quantitative estimate of drug-likeness (QED) is 0.849. The van der Waals surface area contributed by atoms with Crippen molar-refractivity contribution in [3.8, 4) is 11.5 Å². The molecule has 0 radical (unpaired) electrons. The highest BCUT2D eigenvalue weighted by Gasteiger charge is 2.20. The van der Waals surface area contributed by atoms with Crippen LogP contribution in [0.15, 0.2) is 18.2 Å². The van der Waals surface area contributed by atoms with E-state index in [2.05, 4.69) is 39.3 Å². The summed E-state index contributed by atoms with van der Waals surface area (Å²) in [6, 6.07) is 5.19. The fraction of sp³-hybridized carbons (Fsp3) is 0.462. The molecule has 0 saturated carbocycles. The molecule has 0 heterocycles. The summed E-state index contributed by atoms with van der Waals surface area (Å²) >= 11 is 0. The van der Waals surface area contributed by atoms with E-state index in [1.54, 1.807) is 12.1 Å². The first-order valence-corrected chi connectivity index (χ1v) is 13.1. The number of carbonyl (C=O) groups excluding carboxylic acids is 1. The van der Waals surface area contributed by atoms with E-state index < -0.39 is 22.5 Å². The van der Waals surface area contributed by atoms with Crippen LogP contribution in [0.2, 0.25) is 39.3 Å². The van der Waals surface area contributed by atoms with Crippen molar-refractivity contribution < 1.29 is 13.6 Å². The van der Waals surface area contributed by atoms with Gasteiger partial charge in [0.05, 0.1) is 0 Å². The summed E-state index contributed by atoms with van der Waals surface area (Å²) in [7, 11) is -3.47. The highest BCUT2D eigenvalue weighted by Crippen LogP contribution is 2.27. The average Bonchev–Trinajstić information content (AvgIpc) is 2.10. The third kappa shape index (κ3) is 5.93. The SMILES string of the molecule is C[Si](C)(C)Oc1cc(O[Si](C)(C)C)cc(C(N)=O)c1. The molecule has 1 aromatic rings. The summed E-state index contributed by atoms with van der Waals surface area (Å²) in [5.41, 5.74) is 5.77. The summed E-state index contributed by atoms with van der Waals surface area (Å²) < 4.78 is 11.8. The predicted octanol–water partition coefficient (Wildman–Crippen LogP) is 3.21. The van der Waals surface area contributed by atoms with E-state index in [1.165, 1.54) is 0 Å². The lowest BCUT2D eigenvalue weighted by atomic mass is 10.2. The zero-order chi connectivity index (χ0) is 14.8. The number of nitrogens with two attached hydrogens (primary N) is 1. The first kappa shape index (κ1) is 15.8. The van der Waals surface area contributed by atoms with E-state index in [0.717, 1.165) is 0 Å². The van der Waals surface area contributed by atoms with E-state index in [0.29, 0.717) is 17.1 Å². The first-order chi connectivity index (χ1) is 8.46. The van der Waals surface area contributed by atoms with Crippen molar-refractivity contribution in [3.05, 3.63) is 23.8 Å². The van der Waals surface area contributed by atoms with Gasteiger partial charge in [-0.3, -0.25) is 4.79 Å². The van der Waals surface area contributed by atoms with Gasteiger partial charge in [0.2, 0.25) is 22.5 Å². The van der Waals surface area contributed by atoms with Crippen LogP contribution in [0.25, 0.3) is 0 Å². The van der Waals surface area contributed by atoms with E-state index in [9.17, 15) is 4.79 Å². The molecule has 0 atom stereocenters. The molecule has 4 nitrogen and oxygen atoms in total. The molecule has 0 bridgehead atoms. The Bertz CT molecular complexity index is 442. The summed E-state index contributed by atoms with van der Waals surface area (Å²) in [6.45, 7) is 12.5. The molecule has 0 aliphatic rings. The standard InChI is InChI=1S/C13H23NO3Si2/c1-18(2,3)16-11-7-10(13(14)15)8-12(9-11)17-19(4,5)6/h7-9H,1-6H3,(H2,14,15). The van der Waals surface area contributed by atoms with E-state index >= 15 is 0 Å². The molecule has 1 aromatic carbocycles. The van der Waals surface area contributed by atoms with Gasteiger partial charge in [0.1, 0.15) is 11.5 Å². The van der Waals surface area contributed by atoms with Crippen molar-refractivity contribution >= 4 is 22.5 Å². The summed E-state index contributed by atoms with van der Waals surface area (Å²) in [5, 5.41) is 0. The monoisotopic (exact) mass is 297 g/mol. The Kier molecular flexibility index (Phi) is 4.47. The van der Waals surface area contributed by atoms with Gasteiger partial charge < -0.3 is 14.6 Å². The zero-order valence-corrected chi connectivity index (χ0v) is 14.5. The van der Waals surface area contributed by atoms with Crippen LogP contribution >= 0.6 is 0 Å². The molecule has 19 heavy (non-hydrogen) atoms. The van der Waals surface area contributed by atoms with Crippen molar-refractivity contribution in [2.24, 2.45) is 5.73 Å². The fourth-order valence-electron chi connectivity index (χ4n) is 1.54. The lowest BCUT2D eigenvalue weighted by Crippen LogP contribution is -2.31. The molecule has 0 spiro atoms. The molecule has 0 fully saturated rings. The van der Waals surface area contributed by atoms with Gasteiger partial charge in [0.15, 0.2) is 0 Å². The van der Waals surface area contributed by atoms with Crippen LogP contribution in [0, 0.1) is 0 Å². The Balaban J connectivity index is 3.14. The number of benzene rings is 1.